The lowest BCUT2D eigenvalue weighted by atomic mass is 10.1. The van der Waals surface area contributed by atoms with Gasteiger partial charge in [-0.1, -0.05) is 51.8 Å². The first-order chi connectivity index (χ1) is 17.2. The molecular weight excluding hydrogens is 538 g/mol. The quantitative estimate of drug-likeness (QED) is 0.371. The van der Waals surface area contributed by atoms with Crippen LogP contribution in [0, 0.1) is 6.92 Å². The molecule has 190 valence electrons. The molecule has 1 amide bonds. The summed E-state index contributed by atoms with van der Waals surface area (Å²) in [5, 5.41) is 2.97. The third-order valence-corrected chi connectivity index (χ3v) is 8.77. The van der Waals surface area contributed by atoms with Gasteiger partial charge in [-0.2, -0.15) is 0 Å². The molecule has 1 saturated heterocycles. The summed E-state index contributed by atoms with van der Waals surface area (Å²) in [5.41, 5.74) is 3.54. The lowest BCUT2D eigenvalue weighted by Crippen LogP contribution is -2.41. The van der Waals surface area contributed by atoms with Gasteiger partial charge in [0.2, 0.25) is 5.91 Å². The molecule has 1 unspecified atom stereocenters. The minimum atomic E-state index is -3.96. The van der Waals surface area contributed by atoms with Crippen LogP contribution in [0.25, 0.3) is 0 Å². The predicted octanol–water partition coefficient (Wildman–Crippen LogP) is 5.82. The number of hydrogen-bond donors (Lipinski definition) is 1. The molecule has 1 aliphatic heterocycles. The molecular formula is C28H32BrN3O3S. The van der Waals surface area contributed by atoms with Crippen LogP contribution in [0.15, 0.2) is 82.2 Å². The van der Waals surface area contributed by atoms with Crippen molar-refractivity contribution >= 4 is 43.2 Å². The number of rotatable bonds is 8. The predicted molar refractivity (Wildman–Crippen MR) is 149 cm³/mol. The molecule has 3 aromatic carbocycles. The van der Waals surface area contributed by atoms with E-state index in [1.54, 1.807) is 42.5 Å². The van der Waals surface area contributed by atoms with E-state index in [9.17, 15) is 13.2 Å². The molecule has 4 rings (SSSR count). The summed E-state index contributed by atoms with van der Waals surface area (Å²) in [6, 6.07) is 21.6. The van der Waals surface area contributed by atoms with Crippen molar-refractivity contribution in [2.45, 2.75) is 44.0 Å². The fourth-order valence-electron chi connectivity index (χ4n) is 4.41. The molecule has 8 heteroatoms. The molecule has 0 spiro atoms. The highest BCUT2D eigenvalue weighted by Gasteiger charge is 2.28. The van der Waals surface area contributed by atoms with Crippen molar-refractivity contribution in [2.24, 2.45) is 0 Å². The number of sulfonamides is 1. The Morgan fingerprint density at radius 1 is 1.00 bits per heavy atom. The Labute approximate surface area is 222 Å². The number of nitrogens with one attached hydrogen (secondary N) is 1. The van der Waals surface area contributed by atoms with Crippen LogP contribution >= 0.6 is 15.9 Å². The SMILES string of the molecule is Cc1ccc(S(=O)(=O)N(CC(=O)NC(C)c2ccc(N3CCCCC3)cc2)c2cccc(Br)c2)cc1. The van der Waals surface area contributed by atoms with Gasteiger partial charge in [0.05, 0.1) is 16.6 Å². The van der Waals surface area contributed by atoms with E-state index < -0.39 is 10.0 Å². The zero-order valence-electron chi connectivity index (χ0n) is 20.7. The number of hydrogen-bond acceptors (Lipinski definition) is 4. The molecule has 1 fully saturated rings. The van der Waals surface area contributed by atoms with Crippen LogP contribution in [0.1, 0.15) is 43.4 Å². The molecule has 1 atom stereocenters. The number of halogens is 1. The van der Waals surface area contributed by atoms with Gasteiger partial charge in [-0.25, -0.2) is 8.42 Å². The van der Waals surface area contributed by atoms with Gasteiger partial charge in [0, 0.05) is 23.2 Å². The van der Waals surface area contributed by atoms with Crippen molar-refractivity contribution in [1.82, 2.24) is 5.32 Å². The first-order valence-corrected chi connectivity index (χ1v) is 14.5. The van der Waals surface area contributed by atoms with Crippen molar-refractivity contribution in [3.63, 3.8) is 0 Å². The Morgan fingerprint density at radius 3 is 2.31 bits per heavy atom. The molecule has 1 heterocycles. The summed E-state index contributed by atoms with van der Waals surface area (Å²) in [5.74, 6) is -0.377. The lowest BCUT2D eigenvalue weighted by molar-refractivity contribution is -0.120. The third-order valence-electron chi connectivity index (χ3n) is 6.48. The Bertz CT molecular complexity index is 1290. The lowest BCUT2D eigenvalue weighted by Gasteiger charge is -2.29. The average Bonchev–Trinajstić information content (AvgIpc) is 2.88. The Morgan fingerprint density at radius 2 is 1.67 bits per heavy atom. The van der Waals surface area contributed by atoms with E-state index in [4.69, 9.17) is 0 Å². The summed E-state index contributed by atoms with van der Waals surface area (Å²) >= 11 is 3.41. The van der Waals surface area contributed by atoms with Crippen LogP contribution in [-0.2, 0) is 14.8 Å². The number of anilines is 2. The smallest absolute Gasteiger partial charge is 0.264 e. The molecule has 0 bridgehead atoms. The molecule has 1 N–H and O–H groups in total. The zero-order chi connectivity index (χ0) is 25.7. The second kappa shape index (κ2) is 11.5. The van der Waals surface area contributed by atoms with Gasteiger partial charge in [-0.05, 0) is 81.1 Å². The maximum absolute atomic E-state index is 13.6. The summed E-state index contributed by atoms with van der Waals surface area (Å²) in [7, 11) is -3.96. The van der Waals surface area contributed by atoms with Gasteiger partial charge in [0.15, 0.2) is 0 Å². The highest BCUT2D eigenvalue weighted by Crippen LogP contribution is 2.27. The molecule has 0 aliphatic carbocycles. The van der Waals surface area contributed by atoms with Gasteiger partial charge in [0.1, 0.15) is 6.54 Å². The van der Waals surface area contributed by atoms with Crippen LogP contribution in [0.5, 0.6) is 0 Å². The molecule has 3 aromatic rings. The van der Waals surface area contributed by atoms with Gasteiger partial charge < -0.3 is 10.2 Å². The van der Waals surface area contributed by atoms with Crippen LogP contribution < -0.4 is 14.5 Å². The standard InChI is InChI=1S/C28H32BrN3O3S/c1-21-9-15-27(16-10-21)36(34,35)32(26-8-6-7-24(29)19-26)20-28(33)30-22(2)23-11-13-25(14-12-23)31-17-4-3-5-18-31/h6-16,19,22H,3-5,17-18,20H2,1-2H3,(H,30,33). The molecule has 0 saturated carbocycles. The van der Waals surface area contributed by atoms with Gasteiger partial charge in [0.25, 0.3) is 10.0 Å². The number of carbonyl (C=O) groups is 1. The Hall–Kier alpha value is -2.84. The highest BCUT2D eigenvalue weighted by molar-refractivity contribution is 9.10. The molecule has 0 aromatic heterocycles. The topological polar surface area (TPSA) is 69.7 Å². The normalized spacial score (nSPS) is 14.8. The fraction of sp³-hybridized carbons (Fsp3) is 0.321. The second-order valence-corrected chi connectivity index (χ2v) is 12.0. The van der Waals surface area contributed by atoms with E-state index >= 15 is 0 Å². The molecule has 0 radical (unpaired) electrons. The van der Waals surface area contributed by atoms with Crippen molar-refractivity contribution < 1.29 is 13.2 Å². The van der Waals surface area contributed by atoms with Crippen molar-refractivity contribution in [3.05, 3.63) is 88.4 Å². The van der Waals surface area contributed by atoms with E-state index in [-0.39, 0.29) is 23.4 Å². The maximum Gasteiger partial charge on any atom is 0.264 e. The van der Waals surface area contributed by atoms with E-state index in [0.717, 1.165) is 33.0 Å². The molecule has 6 nitrogen and oxygen atoms in total. The number of benzene rings is 3. The van der Waals surface area contributed by atoms with Gasteiger partial charge >= 0.3 is 0 Å². The van der Waals surface area contributed by atoms with E-state index in [0.29, 0.717) is 5.69 Å². The van der Waals surface area contributed by atoms with Crippen molar-refractivity contribution in [3.8, 4) is 0 Å². The summed E-state index contributed by atoms with van der Waals surface area (Å²) in [6.07, 6.45) is 3.72. The minimum absolute atomic E-state index is 0.141. The largest absolute Gasteiger partial charge is 0.372 e. The van der Waals surface area contributed by atoms with Crippen LogP contribution in [0.3, 0.4) is 0 Å². The van der Waals surface area contributed by atoms with Crippen molar-refractivity contribution in [2.75, 3.05) is 28.8 Å². The summed E-state index contributed by atoms with van der Waals surface area (Å²) in [6.45, 7) is 5.63. The summed E-state index contributed by atoms with van der Waals surface area (Å²) in [4.78, 5) is 15.6. The van der Waals surface area contributed by atoms with E-state index in [1.165, 1.54) is 24.9 Å². The van der Waals surface area contributed by atoms with Crippen LogP contribution in [-0.4, -0.2) is 34.0 Å². The number of amides is 1. The maximum atomic E-state index is 13.6. The fourth-order valence-corrected chi connectivity index (χ4v) is 6.21. The van der Waals surface area contributed by atoms with E-state index in [2.05, 4.69) is 38.3 Å². The average molecular weight is 571 g/mol. The van der Waals surface area contributed by atoms with E-state index in [1.807, 2.05) is 32.0 Å². The van der Waals surface area contributed by atoms with Crippen molar-refractivity contribution in [1.29, 1.82) is 0 Å². The van der Waals surface area contributed by atoms with Gasteiger partial charge in [-0.15, -0.1) is 0 Å². The monoisotopic (exact) mass is 569 g/mol. The van der Waals surface area contributed by atoms with Crippen LogP contribution in [0.2, 0.25) is 0 Å². The minimum Gasteiger partial charge on any atom is -0.372 e. The Balaban J connectivity index is 1.51. The number of carbonyl (C=O) groups excluding carboxylic acids is 1. The van der Waals surface area contributed by atoms with Gasteiger partial charge in [-0.3, -0.25) is 9.10 Å². The summed E-state index contributed by atoms with van der Waals surface area (Å²) < 4.78 is 29.0. The number of nitrogens with zero attached hydrogens (tertiary/aromatic N) is 2. The molecule has 36 heavy (non-hydrogen) atoms. The Kier molecular flexibility index (Phi) is 8.36. The number of aryl methyl sites for hydroxylation is 1. The second-order valence-electron chi connectivity index (χ2n) is 9.23. The molecule has 1 aliphatic rings. The highest BCUT2D eigenvalue weighted by atomic mass is 79.9. The van der Waals surface area contributed by atoms with Crippen LogP contribution in [0.4, 0.5) is 11.4 Å². The number of piperidine rings is 1. The first kappa shape index (κ1) is 26.2. The third kappa shape index (κ3) is 6.28. The first-order valence-electron chi connectivity index (χ1n) is 12.2. The zero-order valence-corrected chi connectivity index (χ0v) is 23.1.